The van der Waals surface area contributed by atoms with E-state index in [4.69, 9.17) is 5.11 Å². The van der Waals surface area contributed by atoms with Crippen LogP contribution in [0.3, 0.4) is 0 Å². The van der Waals surface area contributed by atoms with E-state index in [-0.39, 0.29) is 17.7 Å². The zero-order valence-corrected chi connectivity index (χ0v) is 14.9. The highest BCUT2D eigenvalue weighted by Gasteiger charge is 2.23. The van der Waals surface area contributed by atoms with Crippen LogP contribution >= 0.6 is 0 Å². The first kappa shape index (κ1) is 19.7. The van der Waals surface area contributed by atoms with Gasteiger partial charge in [0.1, 0.15) is 6.04 Å². The highest BCUT2D eigenvalue weighted by Crippen LogP contribution is 2.10. The minimum Gasteiger partial charge on any atom is -0.480 e. The first-order valence-electron chi connectivity index (χ1n) is 8.01. The molecule has 0 saturated carbocycles. The van der Waals surface area contributed by atoms with Crippen LogP contribution in [0.25, 0.3) is 0 Å². The number of carbonyl (C=O) groups is 3. The lowest BCUT2D eigenvalue weighted by Gasteiger charge is -2.20. The van der Waals surface area contributed by atoms with Gasteiger partial charge in [0.15, 0.2) is 0 Å². The SMILES string of the molecule is CC(C)C(=O)N(C)Cc1ccc(C(=O)N[C@@H](C(=O)O)C(C)C)cc1. The van der Waals surface area contributed by atoms with E-state index in [1.165, 1.54) is 0 Å². The highest BCUT2D eigenvalue weighted by atomic mass is 16.4. The van der Waals surface area contributed by atoms with Crippen molar-refractivity contribution in [2.24, 2.45) is 11.8 Å². The lowest BCUT2D eigenvalue weighted by atomic mass is 10.0. The number of hydrogen-bond acceptors (Lipinski definition) is 3. The van der Waals surface area contributed by atoms with E-state index >= 15 is 0 Å². The Labute approximate surface area is 142 Å². The summed E-state index contributed by atoms with van der Waals surface area (Å²) in [5, 5.41) is 11.6. The molecule has 0 spiro atoms. The predicted octanol–water partition coefficient (Wildman–Crippen LogP) is 2.14. The minimum atomic E-state index is -1.05. The average molecular weight is 334 g/mol. The largest absolute Gasteiger partial charge is 0.480 e. The van der Waals surface area contributed by atoms with Crippen LogP contribution in [0.15, 0.2) is 24.3 Å². The van der Waals surface area contributed by atoms with Crippen LogP contribution in [0.5, 0.6) is 0 Å². The Morgan fingerprint density at radius 2 is 1.62 bits per heavy atom. The van der Waals surface area contributed by atoms with Crippen LogP contribution in [-0.4, -0.2) is 40.9 Å². The molecule has 0 heterocycles. The maximum Gasteiger partial charge on any atom is 0.326 e. The molecule has 0 radical (unpaired) electrons. The lowest BCUT2D eigenvalue weighted by Crippen LogP contribution is -2.44. The van der Waals surface area contributed by atoms with E-state index in [0.717, 1.165) is 5.56 Å². The molecule has 132 valence electrons. The Bertz CT molecular complexity index is 594. The summed E-state index contributed by atoms with van der Waals surface area (Å²) in [6.45, 7) is 7.63. The summed E-state index contributed by atoms with van der Waals surface area (Å²) < 4.78 is 0. The predicted molar refractivity (Wildman–Crippen MR) is 91.5 cm³/mol. The van der Waals surface area contributed by atoms with Crippen molar-refractivity contribution in [1.82, 2.24) is 10.2 Å². The van der Waals surface area contributed by atoms with Crippen LogP contribution in [0.1, 0.15) is 43.6 Å². The quantitative estimate of drug-likeness (QED) is 0.800. The summed E-state index contributed by atoms with van der Waals surface area (Å²) in [7, 11) is 1.74. The number of aliphatic carboxylic acids is 1. The average Bonchev–Trinajstić information content (AvgIpc) is 2.51. The first-order valence-corrected chi connectivity index (χ1v) is 8.01. The Hall–Kier alpha value is -2.37. The van der Waals surface area contributed by atoms with Gasteiger partial charge >= 0.3 is 5.97 Å². The third kappa shape index (κ3) is 5.37. The van der Waals surface area contributed by atoms with E-state index < -0.39 is 17.9 Å². The third-order valence-electron chi connectivity index (χ3n) is 3.73. The van der Waals surface area contributed by atoms with Gasteiger partial charge in [-0.3, -0.25) is 9.59 Å². The second-order valence-electron chi connectivity index (χ2n) is 6.58. The minimum absolute atomic E-state index is 0.0538. The Balaban J connectivity index is 2.75. The second-order valence-corrected chi connectivity index (χ2v) is 6.58. The molecule has 1 atom stereocenters. The number of benzene rings is 1. The van der Waals surface area contributed by atoms with Crippen molar-refractivity contribution in [3.8, 4) is 0 Å². The number of rotatable bonds is 7. The fourth-order valence-electron chi connectivity index (χ4n) is 2.29. The molecule has 24 heavy (non-hydrogen) atoms. The van der Waals surface area contributed by atoms with E-state index in [0.29, 0.717) is 12.1 Å². The second kappa shape index (κ2) is 8.47. The molecule has 1 aromatic rings. The number of nitrogens with one attached hydrogen (secondary N) is 1. The smallest absolute Gasteiger partial charge is 0.326 e. The normalized spacial score (nSPS) is 12.1. The van der Waals surface area contributed by atoms with Gasteiger partial charge in [0.2, 0.25) is 5.91 Å². The Kier molecular flexibility index (Phi) is 6.95. The fourth-order valence-corrected chi connectivity index (χ4v) is 2.29. The number of carboxylic acid groups (broad SMARTS) is 1. The molecule has 0 aliphatic rings. The molecule has 1 aromatic carbocycles. The molecule has 6 heteroatoms. The number of hydrogen-bond donors (Lipinski definition) is 2. The van der Waals surface area contributed by atoms with Crippen molar-refractivity contribution in [3.05, 3.63) is 35.4 Å². The zero-order chi connectivity index (χ0) is 18.4. The molecule has 2 amide bonds. The van der Waals surface area contributed by atoms with Gasteiger partial charge in [-0.15, -0.1) is 0 Å². The summed E-state index contributed by atoms with van der Waals surface area (Å²) in [5.41, 5.74) is 1.30. The van der Waals surface area contributed by atoms with Crippen LogP contribution in [-0.2, 0) is 16.1 Å². The number of carboxylic acids is 1. The molecule has 6 nitrogen and oxygen atoms in total. The van der Waals surface area contributed by atoms with Gasteiger partial charge in [0.05, 0.1) is 0 Å². The van der Waals surface area contributed by atoms with Crippen LogP contribution in [0.2, 0.25) is 0 Å². The van der Waals surface area contributed by atoms with Crippen molar-refractivity contribution in [2.45, 2.75) is 40.3 Å². The van der Waals surface area contributed by atoms with Crippen molar-refractivity contribution >= 4 is 17.8 Å². The van der Waals surface area contributed by atoms with Crippen LogP contribution in [0.4, 0.5) is 0 Å². The van der Waals surface area contributed by atoms with Gasteiger partial charge in [0.25, 0.3) is 5.91 Å². The number of amides is 2. The van der Waals surface area contributed by atoms with Crippen molar-refractivity contribution in [1.29, 1.82) is 0 Å². The van der Waals surface area contributed by atoms with Crippen LogP contribution < -0.4 is 5.32 Å². The third-order valence-corrected chi connectivity index (χ3v) is 3.73. The Morgan fingerprint density at radius 1 is 1.08 bits per heavy atom. The van der Waals surface area contributed by atoms with Gasteiger partial charge in [0, 0.05) is 25.1 Å². The molecule has 0 fully saturated rings. The molecule has 0 aromatic heterocycles. The summed E-state index contributed by atoms with van der Waals surface area (Å²) in [6, 6.07) is 5.88. The molecular weight excluding hydrogens is 308 g/mol. The standard InChI is InChI=1S/C18H26N2O4/c1-11(2)15(18(23)24)19-16(21)14-8-6-13(7-9-14)10-20(5)17(22)12(3)4/h6-9,11-12,15H,10H2,1-5H3,(H,19,21)(H,23,24)/t15-/m1/s1. The molecule has 0 aliphatic carbocycles. The summed E-state index contributed by atoms with van der Waals surface area (Å²) in [4.78, 5) is 36.8. The maximum atomic E-state index is 12.2. The van der Waals surface area contributed by atoms with Crippen molar-refractivity contribution in [3.63, 3.8) is 0 Å². The number of carbonyl (C=O) groups excluding carboxylic acids is 2. The van der Waals surface area contributed by atoms with Gasteiger partial charge in [-0.2, -0.15) is 0 Å². The van der Waals surface area contributed by atoms with Gasteiger partial charge in [-0.1, -0.05) is 39.8 Å². The molecule has 0 aliphatic heterocycles. The zero-order valence-electron chi connectivity index (χ0n) is 14.9. The summed E-state index contributed by atoms with van der Waals surface area (Å²) in [6.07, 6.45) is 0. The van der Waals surface area contributed by atoms with E-state index in [2.05, 4.69) is 5.32 Å². The monoisotopic (exact) mass is 334 g/mol. The molecule has 2 N–H and O–H groups in total. The van der Waals surface area contributed by atoms with Crippen molar-refractivity contribution < 1.29 is 19.5 Å². The van der Waals surface area contributed by atoms with Gasteiger partial charge in [-0.05, 0) is 23.6 Å². The van der Waals surface area contributed by atoms with Crippen molar-refractivity contribution in [2.75, 3.05) is 7.05 Å². The van der Waals surface area contributed by atoms with E-state index in [1.807, 2.05) is 13.8 Å². The van der Waals surface area contributed by atoms with Gasteiger partial charge in [-0.25, -0.2) is 4.79 Å². The molecule has 0 bridgehead atoms. The molecule has 1 rings (SSSR count). The maximum absolute atomic E-state index is 12.2. The summed E-state index contributed by atoms with van der Waals surface area (Å²) in [5.74, 6) is -1.69. The van der Waals surface area contributed by atoms with Crippen LogP contribution in [0, 0.1) is 11.8 Å². The lowest BCUT2D eigenvalue weighted by molar-refractivity contribution is -0.140. The fraction of sp³-hybridized carbons (Fsp3) is 0.500. The number of nitrogens with zero attached hydrogens (tertiary/aromatic N) is 1. The topological polar surface area (TPSA) is 86.7 Å². The van der Waals surface area contributed by atoms with E-state index in [9.17, 15) is 14.4 Å². The molecular formula is C18H26N2O4. The first-order chi connectivity index (χ1) is 11.1. The molecule has 0 unspecified atom stereocenters. The highest BCUT2D eigenvalue weighted by molar-refractivity contribution is 5.96. The summed E-state index contributed by atoms with van der Waals surface area (Å²) >= 11 is 0. The molecule has 0 saturated heterocycles. The van der Waals surface area contributed by atoms with E-state index in [1.54, 1.807) is 50.1 Å². The van der Waals surface area contributed by atoms with Gasteiger partial charge < -0.3 is 15.3 Å². The Morgan fingerprint density at radius 3 is 2.04 bits per heavy atom.